The Labute approximate surface area is 204 Å². The summed E-state index contributed by atoms with van der Waals surface area (Å²) in [5.74, 6) is 1.42. The Balaban J connectivity index is 1.42. The number of halogens is 1. The quantitative estimate of drug-likeness (QED) is 0.353. The number of nitrogens with zero attached hydrogens (tertiary/aromatic N) is 4. The first-order valence-corrected chi connectivity index (χ1v) is 11.7. The maximum Gasteiger partial charge on any atom is 0.367 e. The Morgan fingerprint density at radius 3 is 2.59 bits per heavy atom. The molecule has 0 aliphatic rings. The molecule has 0 bridgehead atoms. The average molecular weight is 500 g/mol. The van der Waals surface area contributed by atoms with Gasteiger partial charge < -0.3 is 14.8 Å². The van der Waals surface area contributed by atoms with Crippen LogP contribution < -0.4 is 20.5 Å². The van der Waals surface area contributed by atoms with E-state index in [1.165, 1.54) is 23.4 Å². The van der Waals surface area contributed by atoms with Crippen molar-refractivity contribution in [3.63, 3.8) is 0 Å². The molecular weight excluding hydrogens is 478 g/mol. The average Bonchev–Trinajstić information content (AvgIpc) is 3.16. The van der Waals surface area contributed by atoms with Gasteiger partial charge in [-0.1, -0.05) is 47.6 Å². The zero-order chi connectivity index (χ0) is 24.1. The van der Waals surface area contributed by atoms with Gasteiger partial charge in [0.15, 0.2) is 17.1 Å². The summed E-state index contributed by atoms with van der Waals surface area (Å²) in [4.78, 5) is 25.2. The monoisotopic (exact) mass is 499 g/mol. The highest BCUT2D eigenvalue weighted by molar-refractivity contribution is 7.98. The Morgan fingerprint density at radius 1 is 1.06 bits per heavy atom. The second-order valence-electron chi connectivity index (χ2n) is 7.23. The number of carbonyl (C=O) groups excluding carboxylic acids is 1. The van der Waals surface area contributed by atoms with E-state index in [-0.39, 0.29) is 19.0 Å². The van der Waals surface area contributed by atoms with Gasteiger partial charge in [0.1, 0.15) is 11.6 Å². The molecular formula is C23H22ClN5O4S. The normalized spacial score (nSPS) is 10.9. The molecule has 34 heavy (non-hydrogen) atoms. The van der Waals surface area contributed by atoms with Crippen LogP contribution in [0.5, 0.6) is 11.5 Å². The highest BCUT2D eigenvalue weighted by Crippen LogP contribution is 2.30. The predicted octanol–water partition coefficient (Wildman–Crippen LogP) is 3.17. The van der Waals surface area contributed by atoms with Crippen LogP contribution in [0.4, 0.5) is 0 Å². The number of benzene rings is 2. The lowest BCUT2D eigenvalue weighted by Gasteiger charge is -2.13. The number of nitrogens with one attached hydrogen (secondary N) is 1. The van der Waals surface area contributed by atoms with Crippen LogP contribution in [0.15, 0.2) is 64.4 Å². The number of aromatic nitrogens is 4. The van der Waals surface area contributed by atoms with Gasteiger partial charge in [0, 0.05) is 22.9 Å². The first kappa shape index (κ1) is 23.7. The highest BCUT2D eigenvalue weighted by Gasteiger charge is 2.14. The molecule has 0 radical (unpaired) electrons. The molecule has 2 heterocycles. The molecule has 2 aromatic carbocycles. The molecule has 0 atom stereocenters. The summed E-state index contributed by atoms with van der Waals surface area (Å²) in [5, 5.41) is 12.7. The van der Waals surface area contributed by atoms with Crippen molar-refractivity contribution in [1.29, 1.82) is 0 Å². The molecule has 0 unspecified atom stereocenters. The first-order valence-electron chi connectivity index (χ1n) is 10.3. The third kappa shape index (κ3) is 5.35. The third-order valence-electron chi connectivity index (χ3n) is 4.97. The van der Waals surface area contributed by atoms with Crippen LogP contribution >= 0.6 is 23.4 Å². The van der Waals surface area contributed by atoms with E-state index in [1.807, 2.05) is 36.4 Å². The molecule has 0 saturated carbocycles. The minimum atomic E-state index is -0.488. The number of methoxy groups -OCH3 is 2. The summed E-state index contributed by atoms with van der Waals surface area (Å²) < 4.78 is 12.9. The summed E-state index contributed by atoms with van der Waals surface area (Å²) in [6, 6.07) is 16.5. The summed E-state index contributed by atoms with van der Waals surface area (Å²) in [6.45, 7) is -0.0210. The molecule has 9 nitrogen and oxygen atoms in total. The van der Waals surface area contributed by atoms with E-state index in [9.17, 15) is 9.59 Å². The van der Waals surface area contributed by atoms with Crippen molar-refractivity contribution in [1.82, 2.24) is 24.7 Å². The van der Waals surface area contributed by atoms with Crippen molar-refractivity contribution in [2.24, 2.45) is 0 Å². The zero-order valence-corrected chi connectivity index (χ0v) is 20.1. The molecule has 0 spiro atoms. The van der Waals surface area contributed by atoms with Gasteiger partial charge in [-0.05, 0) is 35.9 Å². The Kier molecular flexibility index (Phi) is 7.39. The predicted molar refractivity (Wildman–Crippen MR) is 130 cm³/mol. The molecule has 11 heteroatoms. The Morgan fingerprint density at radius 2 is 1.85 bits per heavy atom. The van der Waals surface area contributed by atoms with E-state index in [0.29, 0.717) is 32.9 Å². The van der Waals surface area contributed by atoms with E-state index < -0.39 is 5.69 Å². The van der Waals surface area contributed by atoms with Gasteiger partial charge in [-0.2, -0.15) is 9.61 Å². The SMILES string of the molecule is COc1cccc(CNC(=O)Cn2nc3ccc(SCc4ccc(Cl)cc4)nn3c2=O)c1OC. The van der Waals surface area contributed by atoms with Crippen molar-refractivity contribution in [3.8, 4) is 11.5 Å². The highest BCUT2D eigenvalue weighted by atomic mass is 35.5. The Bertz CT molecular complexity index is 1370. The van der Waals surface area contributed by atoms with Crippen molar-refractivity contribution in [3.05, 3.63) is 81.2 Å². The molecule has 4 rings (SSSR count). The molecule has 0 fully saturated rings. The number of rotatable bonds is 9. The van der Waals surface area contributed by atoms with Gasteiger partial charge >= 0.3 is 5.69 Å². The van der Waals surface area contributed by atoms with Crippen LogP contribution in [0, 0.1) is 0 Å². The molecule has 4 aromatic rings. The van der Waals surface area contributed by atoms with Gasteiger partial charge in [0.05, 0.1) is 14.2 Å². The van der Waals surface area contributed by atoms with Crippen LogP contribution in [0.2, 0.25) is 5.02 Å². The number of ether oxygens (including phenoxy) is 2. The van der Waals surface area contributed by atoms with Gasteiger partial charge in [-0.25, -0.2) is 9.48 Å². The van der Waals surface area contributed by atoms with Crippen molar-refractivity contribution in [2.45, 2.75) is 23.9 Å². The second-order valence-corrected chi connectivity index (χ2v) is 8.66. The lowest BCUT2D eigenvalue weighted by Crippen LogP contribution is -2.32. The van der Waals surface area contributed by atoms with E-state index >= 15 is 0 Å². The molecule has 0 aliphatic heterocycles. The fourth-order valence-corrected chi connectivity index (χ4v) is 4.22. The lowest BCUT2D eigenvalue weighted by molar-refractivity contribution is -0.122. The lowest BCUT2D eigenvalue weighted by atomic mass is 10.2. The molecule has 0 saturated heterocycles. The standard InChI is InChI=1S/C23H22ClN5O4S/c1-32-18-5-3-4-16(22(18)33-2)12-25-20(30)13-28-23(31)29-19(26-28)10-11-21(27-29)34-14-15-6-8-17(24)9-7-15/h3-11H,12-14H2,1-2H3,(H,25,30). The number of fused-ring (bicyclic) bond motifs is 1. The zero-order valence-electron chi connectivity index (χ0n) is 18.5. The summed E-state index contributed by atoms with van der Waals surface area (Å²) >= 11 is 7.41. The van der Waals surface area contributed by atoms with Gasteiger partial charge in [-0.15, -0.1) is 5.10 Å². The summed E-state index contributed by atoms with van der Waals surface area (Å²) in [7, 11) is 3.08. The number of carbonyl (C=O) groups is 1. The third-order valence-corrected chi connectivity index (χ3v) is 6.21. The minimum absolute atomic E-state index is 0.213. The fourth-order valence-electron chi connectivity index (χ4n) is 3.29. The van der Waals surface area contributed by atoms with Gasteiger partial charge in [0.25, 0.3) is 0 Å². The van der Waals surface area contributed by atoms with Crippen LogP contribution in [0.3, 0.4) is 0 Å². The number of amides is 1. The molecule has 176 valence electrons. The number of hydrogen-bond acceptors (Lipinski definition) is 7. The molecule has 2 aromatic heterocycles. The number of hydrogen-bond donors (Lipinski definition) is 1. The minimum Gasteiger partial charge on any atom is -0.493 e. The smallest absolute Gasteiger partial charge is 0.367 e. The van der Waals surface area contributed by atoms with Crippen molar-refractivity contribution < 1.29 is 14.3 Å². The second kappa shape index (κ2) is 10.6. The van der Waals surface area contributed by atoms with Crippen LogP contribution in [0.25, 0.3) is 5.65 Å². The van der Waals surface area contributed by atoms with Crippen molar-refractivity contribution >= 4 is 34.9 Å². The number of thioether (sulfide) groups is 1. The first-order chi connectivity index (χ1) is 16.5. The fraction of sp³-hybridized carbons (Fsp3) is 0.217. The van der Waals surface area contributed by atoms with E-state index in [0.717, 1.165) is 15.8 Å². The summed E-state index contributed by atoms with van der Waals surface area (Å²) in [5.41, 5.74) is 1.71. The van der Waals surface area contributed by atoms with Crippen molar-refractivity contribution in [2.75, 3.05) is 14.2 Å². The largest absolute Gasteiger partial charge is 0.493 e. The van der Waals surface area contributed by atoms with Gasteiger partial charge in [0.2, 0.25) is 5.91 Å². The van der Waals surface area contributed by atoms with Crippen LogP contribution in [0.1, 0.15) is 11.1 Å². The van der Waals surface area contributed by atoms with Crippen LogP contribution in [-0.2, 0) is 23.6 Å². The van der Waals surface area contributed by atoms with Crippen LogP contribution in [-0.4, -0.2) is 39.5 Å². The molecule has 1 N–H and O–H groups in total. The topological polar surface area (TPSA) is 99.7 Å². The van der Waals surface area contributed by atoms with E-state index in [4.69, 9.17) is 21.1 Å². The van der Waals surface area contributed by atoms with E-state index in [1.54, 1.807) is 25.3 Å². The Hall–Kier alpha value is -3.50. The van der Waals surface area contributed by atoms with E-state index in [2.05, 4.69) is 15.5 Å². The number of para-hydroxylation sites is 1. The molecule has 0 aliphatic carbocycles. The maximum absolute atomic E-state index is 12.7. The van der Waals surface area contributed by atoms with Gasteiger partial charge in [-0.3, -0.25) is 4.79 Å². The molecule has 1 amide bonds. The maximum atomic E-state index is 12.7. The summed E-state index contributed by atoms with van der Waals surface area (Å²) in [6.07, 6.45) is 0.